The van der Waals surface area contributed by atoms with Gasteiger partial charge in [0.05, 0.1) is 18.3 Å². The zero-order valence-corrected chi connectivity index (χ0v) is 12.3. The molecule has 0 saturated carbocycles. The van der Waals surface area contributed by atoms with Crippen molar-refractivity contribution in [2.24, 2.45) is 5.92 Å². The van der Waals surface area contributed by atoms with E-state index in [2.05, 4.69) is 21.2 Å². The molecule has 1 aromatic rings. The number of amides is 1. The Hall–Kier alpha value is -1.80. The molecule has 108 valence electrons. The van der Waals surface area contributed by atoms with Crippen LogP contribution in [-0.4, -0.2) is 40.4 Å². The first-order valence-electron chi connectivity index (χ1n) is 7.07. The third-order valence-electron chi connectivity index (χ3n) is 3.85. The summed E-state index contributed by atoms with van der Waals surface area (Å²) >= 11 is 0. The molecule has 0 bridgehead atoms. The normalized spacial score (nSPS) is 20.1. The van der Waals surface area contributed by atoms with Crippen molar-refractivity contribution in [2.45, 2.75) is 38.8 Å². The van der Waals surface area contributed by atoms with Crippen LogP contribution in [0.1, 0.15) is 44.2 Å². The number of likely N-dealkylation sites (N-methyl/N-ethyl adjacent to an activating group) is 1. The number of nitrogens with one attached hydrogen (secondary N) is 2. The third-order valence-corrected chi connectivity index (χ3v) is 3.85. The van der Waals surface area contributed by atoms with Gasteiger partial charge in [-0.25, -0.2) is 4.98 Å². The maximum Gasteiger partial charge on any atom is 0.240 e. The first-order valence-corrected chi connectivity index (χ1v) is 7.07. The summed E-state index contributed by atoms with van der Waals surface area (Å²) in [7, 11) is 1.83. The van der Waals surface area contributed by atoms with Gasteiger partial charge in [-0.05, 0) is 25.8 Å². The monoisotopic (exact) mass is 274 g/mol. The van der Waals surface area contributed by atoms with Gasteiger partial charge in [0, 0.05) is 6.54 Å². The summed E-state index contributed by atoms with van der Waals surface area (Å²) in [5.41, 5.74) is 0.660. The average molecular weight is 274 g/mol. The topological polar surface area (TPSA) is 61.0 Å². The zero-order valence-electron chi connectivity index (χ0n) is 12.3. The molecule has 2 atom stereocenters. The van der Waals surface area contributed by atoms with Crippen LogP contribution in [0.2, 0.25) is 0 Å². The van der Waals surface area contributed by atoms with Gasteiger partial charge < -0.3 is 15.2 Å². The van der Waals surface area contributed by atoms with Gasteiger partial charge in [0.15, 0.2) is 0 Å². The predicted octanol–water partition coefficient (Wildman–Crippen LogP) is 1.30. The highest BCUT2D eigenvalue weighted by Gasteiger charge is 2.35. The Morgan fingerprint density at radius 1 is 1.65 bits per heavy atom. The lowest BCUT2D eigenvalue weighted by Gasteiger charge is -2.29. The molecule has 0 radical (unpaired) electrons. The van der Waals surface area contributed by atoms with Gasteiger partial charge in [0.25, 0.3) is 0 Å². The minimum Gasteiger partial charge on any atom is -0.334 e. The van der Waals surface area contributed by atoms with Crippen molar-refractivity contribution in [3.63, 3.8) is 0 Å². The van der Waals surface area contributed by atoms with Crippen molar-refractivity contribution < 1.29 is 4.79 Å². The quantitative estimate of drug-likeness (QED) is 0.814. The molecule has 1 fully saturated rings. The van der Waals surface area contributed by atoms with E-state index >= 15 is 0 Å². The minimum absolute atomic E-state index is 0.0131. The maximum atomic E-state index is 12.7. The SMILES string of the molecule is C#Cc1cnc(C2CCCN2C(=O)C(NC)C(C)C)[nH]1. The van der Waals surface area contributed by atoms with E-state index in [1.165, 1.54) is 0 Å². The molecule has 5 nitrogen and oxygen atoms in total. The number of hydrogen-bond acceptors (Lipinski definition) is 3. The van der Waals surface area contributed by atoms with Crippen LogP contribution in [0.15, 0.2) is 6.20 Å². The first-order chi connectivity index (χ1) is 9.58. The summed E-state index contributed by atoms with van der Waals surface area (Å²) in [5.74, 6) is 3.73. The molecule has 1 aliphatic heterocycles. The smallest absolute Gasteiger partial charge is 0.240 e. The molecule has 2 rings (SSSR count). The Kier molecular flexibility index (Phi) is 4.46. The Morgan fingerprint density at radius 2 is 2.40 bits per heavy atom. The summed E-state index contributed by atoms with van der Waals surface area (Å²) in [6, 6.07) is -0.142. The summed E-state index contributed by atoms with van der Waals surface area (Å²) < 4.78 is 0. The van der Waals surface area contributed by atoms with Gasteiger partial charge in [0.1, 0.15) is 11.5 Å². The number of aromatic nitrogens is 2. The van der Waals surface area contributed by atoms with Crippen molar-refractivity contribution in [3.8, 4) is 12.3 Å². The number of hydrogen-bond donors (Lipinski definition) is 2. The lowest BCUT2D eigenvalue weighted by molar-refractivity contribution is -0.135. The molecule has 0 aliphatic carbocycles. The third kappa shape index (κ3) is 2.70. The Balaban J connectivity index is 2.18. The molecule has 2 unspecified atom stereocenters. The van der Waals surface area contributed by atoms with Crippen LogP contribution in [0.5, 0.6) is 0 Å². The van der Waals surface area contributed by atoms with E-state index in [1.54, 1.807) is 6.20 Å². The van der Waals surface area contributed by atoms with Gasteiger partial charge in [-0.3, -0.25) is 4.79 Å². The second-order valence-corrected chi connectivity index (χ2v) is 5.53. The van der Waals surface area contributed by atoms with Crippen LogP contribution in [0.4, 0.5) is 0 Å². The molecule has 20 heavy (non-hydrogen) atoms. The molecule has 5 heteroatoms. The zero-order chi connectivity index (χ0) is 14.7. The number of carbonyl (C=O) groups is 1. The number of imidazole rings is 1. The fourth-order valence-electron chi connectivity index (χ4n) is 2.81. The molecule has 1 aromatic heterocycles. The van der Waals surface area contributed by atoms with Gasteiger partial charge in [-0.2, -0.15) is 0 Å². The van der Waals surface area contributed by atoms with Crippen molar-refractivity contribution in [2.75, 3.05) is 13.6 Å². The Morgan fingerprint density at radius 3 is 2.95 bits per heavy atom. The molecular weight excluding hydrogens is 252 g/mol. The van der Waals surface area contributed by atoms with Crippen LogP contribution < -0.4 is 5.32 Å². The van der Waals surface area contributed by atoms with Crippen molar-refractivity contribution in [3.05, 3.63) is 17.7 Å². The standard InChI is InChI=1S/C15H22N4O/c1-5-11-9-17-14(18-11)12-7-6-8-19(12)15(20)13(16-4)10(2)3/h1,9-10,12-13,16H,6-8H2,2-4H3,(H,17,18). The molecular formula is C15H22N4O. The maximum absolute atomic E-state index is 12.7. The second kappa shape index (κ2) is 6.10. The number of nitrogens with zero attached hydrogens (tertiary/aromatic N) is 2. The summed E-state index contributed by atoms with van der Waals surface area (Å²) in [6.45, 7) is 4.88. The predicted molar refractivity (Wildman–Crippen MR) is 77.9 cm³/mol. The lowest BCUT2D eigenvalue weighted by atomic mass is 10.0. The minimum atomic E-state index is -0.155. The van der Waals surface area contributed by atoms with Gasteiger partial charge in [0.2, 0.25) is 5.91 Å². The molecule has 0 aromatic carbocycles. The van der Waals surface area contributed by atoms with Crippen LogP contribution >= 0.6 is 0 Å². The Labute approximate surface area is 120 Å². The number of rotatable bonds is 4. The van der Waals surface area contributed by atoms with Gasteiger partial charge >= 0.3 is 0 Å². The van der Waals surface area contributed by atoms with E-state index in [1.807, 2.05) is 25.8 Å². The highest BCUT2D eigenvalue weighted by molar-refractivity contribution is 5.82. The molecule has 1 aliphatic rings. The molecule has 1 saturated heterocycles. The van der Waals surface area contributed by atoms with E-state index in [0.717, 1.165) is 25.2 Å². The molecule has 0 spiro atoms. The lowest BCUT2D eigenvalue weighted by Crippen LogP contribution is -2.47. The van der Waals surface area contributed by atoms with Crippen LogP contribution in [-0.2, 0) is 4.79 Å². The van der Waals surface area contributed by atoms with E-state index in [9.17, 15) is 4.79 Å². The summed E-state index contributed by atoms with van der Waals surface area (Å²) in [6.07, 6.45) is 8.93. The molecule has 1 amide bonds. The van der Waals surface area contributed by atoms with Crippen molar-refractivity contribution in [1.29, 1.82) is 0 Å². The summed E-state index contributed by atoms with van der Waals surface area (Å²) in [5, 5.41) is 3.11. The van der Waals surface area contributed by atoms with Gasteiger partial charge in [-0.15, -0.1) is 6.42 Å². The van der Waals surface area contributed by atoms with Crippen LogP contribution in [0, 0.1) is 18.3 Å². The largest absolute Gasteiger partial charge is 0.334 e. The second-order valence-electron chi connectivity index (χ2n) is 5.53. The fraction of sp³-hybridized carbons (Fsp3) is 0.600. The number of likely N-dealkylation sites (tertiary alicyclic amines) is 1. The van der Waals surface area contributed by atoms with Crippen LogP contribution in [0.25, 0.3) is 0 Å². The van der Waals surface area contributed by atoms with E-state index < -0.39 is 0 Å². The van der Waals surface area contributed by atoms with E-state index in [-0.39, 0.29) is 23.9 Å². The van der Waals surface area contributed by atoms with Crippen molar-refractivity contribution >= 4 is 5.91 Å². The molecule has 2 N–H and O–H groups in total. The first kappa shape index (κ1) is 14.6. The number of terminal acetylenes is 1. The Bertz CT molecular complexity index is 514. The van der Waals surface area contributed by atoms with Crippen LogP contribution in [0.3, 0.4) is 0 Å². The van der Waals surface area contributed by atoms with Gasteiger partial charge in [-0.1, -0.05) is 19.8 Å². The highest BCUT2D eigenvalue weighted by atomic mass is 16.2. The highest BCUT2D eigenvalue weighted by Crippen LogP contribution is 2.31. The number of H-pyrrole nitrogens is 1. The number of carbonyl (C=O) groups excluding carboxylic acids is 1. The van der Waals surface area contributed by atoms with E-state index in [4.69, 9.17) is 6.42 Å². The average Bonchev–Trinajstić information content (AvgIpc) is 3.07. The summed E-state index contributed by atoms with van der Waals surface area (Å²) in [4.78, 5) is 22.0. The fourth-order valence-corrected chi connectivity index (χ4v) is 2.81. The van der Waals surface area contributed by atoms with Crippen molar-refractivity contribution in [1.82, 2.24) is 20.2 Å². The van der Waals surface area contributed by atoms with E-state index in [0.29, 0.717) is 5.69 Å². The molecule has 2 heterocycles. The number of aromatic amines is 1.